The third-order valence-corrected chi connectivity index (χ3v) is 3.50. The first kappa shape index (κ1) is 12.2. The van der Waals surface area contributed by atoms with E-state index in [-0.39, 0.29) is 6.10 Å². The molecule has 1 atom stereocenters. The molecule has 2 heterocycles. The third-order valence-electron chi connectivity index (χ3n) is 3.50. The minimum atomic E-state index is -0.316. The average Bonchev–Trinajstić information content (AvgIpc) is 2.76. The van der Waals surface area contributed by atoms with Gasteiger partial charge in [-0.05, 0) is 6.07 Å². The smallest absolute Gasteiger partial charge is 0.156 e. The molecule has 0 saturated carbocycles. The van der Waals surface area contributed by atoms with Gasteiger partial charge in [-0.15, -0.1) is 0 Å². The van der Waals surface area contributed by atoms with E-state index in [0.29, 0.717) is 13.2 Å². The standard InChI is InChI=1S/C14H16N4O/c1-17-14-5-3-2-4-12(14)13(16-17)10-18-6-7-19-11(8-15)9-18/h2-5,11H,6-7,9-10H2,1H3. The summed E-state index contributed by atoms with van der Waals surface area (Å²) in [6, 6.07) is 10.4. The number of para-hydroxylation sites is 1. The molecule has 0 aliphatic carbocycles. The summed E-state index contributed by atoms with van der Waals surface area (Å²) in [5, 5.41) is 14.7. The van der Waals surface area contributed by atoms with Crippen LogP contribution < -0.4 is 0 Å². The molecule has 1 saturated heterocycles. The Kier molecular flexibility index (Phi) is 3.20. The van der Waals surface area contributed by atoms with Gasteiger partial charge in [0.25, 0.3) is 0 Å². The normalized spacial score (nSPS) is 20.5. The van der Waals surface area contributed by atoms with Crippen molar-refractivity contribution in [2.75, 3.05) is 19.7 Å². The lowest BCUT2D eigenvalue weighted by Gasteiger charge is -2.28. The van der Waals surface area contributed by atoms with Crippen LogP contribution in [0.1, 0.15) is 5.69 Å². The van der Waals surface area contributed by atoms with Crippen LogP contribution in [0.3, 0.4) is 0 Å². The Hall–Kier alpha value is -1.90. The van der Waals surface area contributed by atoms with Gasteiger partial charge in [-0.2, -0.15) is 10.4 Å². The van der Waals surface area contributed by atoms with Crippen LogP contribution in [-0.2, 0) is 18.3 Å². The second-order valence-corrected chi connectivity index (χ2v) is 4.81. The molecule has 98 valence electrons. The first-order chi connectivity index (χ1) is 9.28. The molecule has 5 nitrogen and oxygen atoms in total. The van der Waals surface area contributed by atoms with Crippen LogP contribution in [0.25, 0.3) is 10.9 Å². The molecular weight excluding hydrogens is 240 g/mol. The highest BCUT2D eigenvalue weighted by Gasteiger charge is 2.21. The summed E-state index contributed by atoms with van der Waals surface area (Å²) in [6.07, 6.45) is -0.316. The summed E-state index contributed by atoms with van der Waals surface area (Å²) < 4.78 is 7.27. The minimum absolute atomic E-state index is 0.316. The van der Waals surface area contributed by atoms with Crippen LogP contribution in [0.4, 0.5) is 0 Å². The van der Waals surface area contributed by atoms with Gasteiger partial charge in [0.2, 0.25) is 0 Å². The predicted octanol–water partition coefficient (Wildman–Crippen LogP) is 1.30. The van der Waals surface area contributed by atoms with Gasteiger partial charge in [-0.25, -0.2) is 0 Å². The number of rotatable bonds is 2. The number of nitrogens with zero attached hydrogens (tertiary/aromatic N) is 4. The highest BCUT2D eigenvalue weighted by Crippen LogP contribution is 2.19. The highest BCUT2D eigenvalue weighted by molar-refractivity contribution is 5.81. The number of nitriles is 1. The summed E-state index contributed by atoms with van der Waals surface area (Å²) in [4.78, 5) is 2.23. The van der Waals surface area contributed by atoms with Gasteiger partial charge in [0.05, 0.1) is 23.9 Å². The summed E-state index contributed by atoms with van der Waals surface area (Å²) >= 11 is 0. The van der Waals surface area contributed by atoms with Gasteiger partial charge in [0.1, 0.15) is 0 Å². The fourth-order valence-corrected chi connectivity index (χ4v) is 2.54. The average molecular weight is 256 g/mol. The Morgan fingerprint density at radius 3 is 3.16 bits per heavy atom. The zero-order valence-corrected chi connectivity index (χ0v) is 10.9. The van der Waals surface area contributed by atoms with Gasteiger partial charge >= 0.3 is 0 Å². The van der Waals surface area contributed by atoms with Crippen molar-refractivity contribution in [2.24, 2.45) is 7.05 Å². The van der Waals surface area contributed by atoms with Gasteiger partial charge < -0.3 is 4.74 Å². The van der Waals surface area contributed by atoms with Crippen LogP contribution in [0.2, 0.25) is 0 Å². The quantitative estimate of drug-likeness (QED) is 0.812. The summed E-state index contributed by atoms with van der Waals surface area (Å²) in [6.45, 7) is 2.89. The van der Waals surface area contributed by atoms with Crippen molar-refractivity contribution in [3.8, 4) is 6.07 Å². The van der Waals surface area contributed by atoms with Crippen LogP contribution in [0, 0.1) is 11.3 Å². The summed E-state index contributed by atoms with van der Waals surface area (Å²) in [7, 11) is 1.96. The van der Waals surface area contributed by atoms with E-state index in [1.165, 1.54) is 5.39 Å². The first-order valence-electron chi connectivity index (χ1n) is 6.42. The van der Waals surface area contributed by atoms with Crippen LogP contribution in [0.15, 0.2) is 24.3 Å². The van der Waals surface area contributed by atoms with Crippen LogP contribution in [0.5, 0.6) is 0 Å². The molecule has 1 aliphatic heterocycles. The molecule has 0 radical (unpaired) electrons. The number of benzene rings is 1. The van der Waals surface area contributed by atoms with E-state index in [1.54, 1.807) is 0 Å². The summed E-state index contributed by atoms with van der Waals surface area (Å²) in [5.74, 6) is 0. The van der Waals surface area contributed by atoms with Crippen molar-refractivity contribution in [1.82, 2.24) is 14.7 Å². The van der Waals surface area contributed by atoms with Gasteiger partial charge in [-0.1, -0.05) is 18.2 Å². The van der Waals surface area contributed by atoms with Crippen LogP contribution >= 0.6 is 0 Å². The fraction of sp³-hybridized carbons (Fsp3) is 0.429. The zero-order valence-electron chi connectivity index (χ0n) is 10.9. The highest BCUT2D eigenvalue weighted by atomic mass is 16.5. The fourth-order valence-electron chi connectivity index (χ4n) is 2.54. The molecule has 0 spiro atoms. The van der Waals surface area contributed by atoms with Crippen molar-refractivity contribution >= 4 is 10.9 Å². The number of aryl methyl sites for hydroxylation is 1. The van der Waals surface area contributed by atoms with Crippen LogP contribution in [-0.4, -0.2) is 40.5 Å². The molecular formula is C14H16N4O. The lowest BCUT2D eigenvalue weighted by Crippen LogP contribution is -2.41. The lowest BCUT2D eigenvalue weighted by atomic mass is 10.2. The SMILES string of the molecule is Cn1nc(CN2CCOC(C#N)C2)c2ccccc21. The van der Waals surface area contributed by atoms with Crippen molar-refractivity contribution in [3.05, 3.63) is 30.0 Å². The molecule has 1 aromatic carbocycles. The van der Waals surface area contributed by atoms with Crippen molar-refractivity contribution < 1.29 is 4.74 Å². The molecule has 0 bridgehead atoms. The number of fused-ring (bicyclic) bond motifs is 1. The lowest BCUT2D eigenvalue weighted by molar-refractivity contribution is -0.00303. The second-order valence-electron chi connectivity index (χ2n) is 4.81. The number of aromatic nitrogens is 2. The molecule has 5 heteroatoms. The largest absolute Gasteiger partial charge is 0.361 e. The molecule has 1 aromatic heterocycles. The third kappa shape index (κ3) is 2.33. The van der Waals surface area contributed by atoms with Crippen molar-refractivity contribution in [3.63, 3.8) is 0 Å². The summed E-state index contributed by atoms with van der Waals surface area (Å²) in [5.41, 5.74) is 2.21. The predicted molar refractivity (Wildman–Crippen MR) is 71.3 cm³/mol. The van der Waals surface area contributed by atoms with Crippen molar-refractivity contribution in [2.45, 2.75) is 12.6 Å². The Labute approximate surface area is 112 Å². The maximum Gasteiger partial charge on any atom is 0.156 e. The number of morpholine rings is 1. The van der Waals surface area contributed by atoms with Gasteiger partial charge in [0.15, 0.2) is 6.10 Å². The molecule has 1 aliphatic rings. The number of hydrogen-bond donors (Lipinski definition) is 0. The molecule has 3 rings (SSSR count). The Bertz CT molecular complexity index is 628. The first-order valence-corrected chi connectivity index (χ1v) is 6.42. The Morgan fingerprint density at radius 1 is 1.47 bits per heavy atom. The molecule has 0 N–H and O–H groups in total. The monoisotopic (exact) mass is 256 g/mol. The van der Waals surface area contributed by atoms with E-state index in [1.807, 2.05) is 23.9 Å². The molecule has 19 heavy (non-hydrogen) atoms. The number of ether oxygens (including phenoxy) is 1. The van der Waals surface area contributed by atoms with Crippen molar-refractivity contribution in [1.29, 1.82) is 5.26 Å². The zero-order chi connectivity index (χ0) is 13.2. The Balaban J connectivity index is 1.84. The van der Waals surface area contributed by atoms with E-state index in [2.05, 4.69) is 28.2 Å². The molecule has 1 fully saturated rings. The van der Waals surface area contributed by atoms with Gasteiger partial charge in [0, 0.05) is 32.1 Å². The van der Waals surface area contributed by atoms with E-state index < -0.39 is 0 Å². The number of hydrogen-bond acceptors (Lipinski definition) is 4. The second kappa shape index (κ2) is 5.00. The Morgan fingerprint density at radius 2 is 2.32 bits per heavy atom. The molecule has 2 aromatic rings. The minimum Gasteiger partial charge on any atom is -0.361 e. The van der Waals surface area contributed by atoms with E-state index in [0.717, 1.165) is 24.3 Å². The molecule has 0 amide bonds. The molecule has 1 unspecified atom stereocenters. The maximum atomic E-state index is 8.93. The van der Waals surface area contributed by atoms with Gasteiger partial charge in [-0.3, -0.25) is 9.58 Å². The van der Waals surface area contributed by atoms with E-state index >= 15 is 0 Å². The topological polar surface area (TPSA) is 54.1 Å². The van der Waals surface area contributed by atoms with E-state index in [4.69, 9.17) is 10.00 Å². The maximum absolute atomic E-state index is 8.93. The van der Waals surface area contributed by atoms with E-state index in [9.17, 15) is 0 Å².